The van der Waals surface area contributed by atoms with E-state index in [0.717, 1.165) is 25.7 Å². The van der Waals surface area contributed by atoms with E-state index in [2.05, 4.69) is 6.58 Å². The number of carbonyl (C=O) groups is 3. The van der Waals surface area contributed by atoms with Crippen LogP contribution in [0.4, 0.5) is 0 Å². The number of nitrogens with zero attached hydrogens (tertiary/aromatic N) is 1. The number of hydrogen-bond donors (Lipinski definition) is 3. The molecule has 0 aromatic rings. The van der Waals surface area contributed by atoms with Gasteiger partial charge in [0.05, 0.1) is 6.54 Å². The van der Waals surface area contributed by atoms with Gasteiger partial charge >= 0.3 is 17.9 Å². The Morgan fingerprint density at radius 3 is 1.15 bits per heavy atom. The zero-order valence-electron chi connectivity index (χ0n) is 21.1. The molecule has 0 aliphatic rings. The second-order valence-electron chi connectivity index (χ2n) is 9.43. The Bertz CT molecular complexity index is 541. The first-order chi connectivity index (χ1) is 15.6. The van der Waals surface area contributed by atoms with Gasteiger partial charge in [0.25, 0.3) is 0 Å². The molecule has 0 rings (SSSR count). The maximum Gasteiger partial charge on any atom is 0.362 e. The Morgan fingerprint density at radius 1 is 0.606 bits per heavy atom. The molecule has 192 valence electrons. The van der Waals surface area contributed by atoms with Crippen LogP contribution in [0.3, 0.4) is 0 Å². The lowest BCUT2D eigenvalue weighted by Crippen LogP contribution is -2.70. The molecule has 7 heteroatoms. The fourth-order valence-corrected chi connectivity index (χ4v) is 4.82. The molecule has 0 fully saturated rings. The minimum atomic E-state index is -1.17. The largest absolute Gasteiger partial charge is 0.477 e. The number of hydrogen-bond acceptors (Lipinski definition) is 3. The summed E-state index contributed by atoms with van der Waals surface area (Å²) in [6.45, 7) is 8.23. The van der Waals surface area contributed by atoms with Gasteiger partial charge in [-0.2, -0.15) is 0 Å². The van der Waals surface area contributed by atoms with E-state index in [1.165, 1.54) is 78.6 Å². The molecule has 0 aliphatic carbocycles. The average Bonchev–Trinajstić information content (AvgIpc) is 2.77. The van der Waals surface area contributed by atoms with E-state index < -0.39 is 40.5 Å². The Hall–Kier alpha value is -1.89. The van der Waals surface area contributed by atoms with Crippen LogP contribution in [0.2, 0.25) is 0 Å². The van der Waals surface area contributed by atoms with Crippen LogP contribution in [0.1, 0.15) is 111 Å². The average molecular weight is 471 g/mol. The predicted octanol–water partition coefficient (Wildman–Crippen LogP) is 5.87. The van der Waals surface area contributed by atoms with E-state index in [-0.39, 0.29) is 6.54 Å². The Labute approximate surface area is 200 Å². The van der Waals surface area contributed by atoms with Crippen LogP contribution < -0.4 is 0 Å². The Morgan fingerprint density at radius 2 is 0.879 bits per heavy atom. The molecule has 7 nitrogen and oxygen atoms in total. The van der Waals surface area contributed by atoms with Crippen LogP contribution in [-0.4, -0.2) is 62.4 Å². The van der Waals surface area contributed by atoms with Crippen molar-refractivity contribution in [3.63, 3.8) is 0 Å². The van der Waals surface area contributed by atoms with Gasteiger partial charge in [-0.25, -0.2) is 14.4 Å². The van der Waals surface area contributed by atoms with Crippen molar-refractivity contribution in [2.75, 3.05) is 6.54 Å². The van der Waals surface area contributed by atoms with Crippen molar-refractivity contribution < 1.29 is 34.2 Å². The second kappa shape index (κ2) is 17.6. The van der Waals surface area contributed by atoms with Gasteiger partial charge in [-0.1, -0.05) is 70.3 Å². The summed E-state index contributed by atoms with van der Waals surface area (Å²) in [4.78, 5) is 35.3. The van der Waals surface area contributed by atoms with Crippen molar-refractivity contribution in [3.05, 3.63) is 12.7 Å². The first-order valence-electron chi connectivity index (χ1n) is 12.8. The van der Waals surface area contributed by atoms with E-state index in [4.69, 9.17) is 0 Å². The topological polar surface area (TPSA) is 112 Å². The normalized spacial score (nSPS) is 15.8. The number of quaternary nitrogens is 1. The third kappa shape index (κ3) is 11.2. The maximum atomic E-state index is 11.8. The first-order valence-corrected chi connectivity index (χ1v) is 12.8. The summed E-state index contributed by atoms with van der Waals surface area (Å²) in [6.07, 6.45) is 18.1. The predicted molar refractivity (Wildman–Crippen MR) is 131 cm³/mol. The maximum absolute atomic E-state index is 11.8. The molecule has 0 aromatic carbocycles. The monoisotopic (exact) mass is 470 g/mol. The molecule has 0 saturated carbocycles. The standard InChI is InChI=1S/C26H47NO6/c1-5-6-7-8-9-10-11-12-13-14-15-16-17-18-19-20-27(21(2)24(28)29,22(3)25(30)31)23(4)26(32)33/h5,21-23H,1,6-20H2,2-4H3,(H2-,28,29,30,31,32,33)/p+1. The molecule has 33 heavy (non-hydrogen) atoms. The summed E-state index contributed by atoms with van der Waals surface area (Å²) < 4.78 is -0.479. The van der Waals surface area contributed by atoms with Gasteiger partial charge in [0.2, 0.25) is 0 Å². The lowest BCUT2D eigenvalue weighted by Gasteiger charge is -2.47. The molecular weight excluding hydrogens is 422 g/mol. The molecule has 0 aromatic heterocycles. The highest BCUT2D eigenvalue weighted by atomic mass is 16.4. The first kappa shape index (κ1) is 31.1. The van der Waals surface area contributed by atoms with Gasteiger partial charge in [-0.15, -0.1) is 6.58 Å². The lowest BCUT2D eigenvalue weighted by molar-refractivity contribution is -0.968. The minimum absolute atomic E-state index is 0.223. The van der Waals surface area contributed by atoms with Crippen molar-refractivity contribution in [2.45, 2.75) is 129 Å². The number of rotatable bonds is 22. The summed E-state index contributed by atoms with van der Waals surface area (Å²) in [5.41, 5.74) is 0. The number of aliphatic carboxylic acids is 3. The zero-order valence-corrected chi connectivity index (χ0v) is 21.1. The van der Waals surface area contributed by atoms with Gasteiger partial charge < -0.3 is 15.3 Å². The third-order valence-corrected chi connectivity index (χ3v) is 7.19. The van der Waals surface area contributed by atoms with E-state index in [1.807, 2.05) is 6.08 Å². The molecular formula is C26H48NO6+. The second-order valence-corrected chi connectivity index (χ2v) is 9.43. The van der Waals surface area contributed by atoms with Crippen LogP contribution >= 0.6 is 0 Å². The summed E-state index contributed by atoms with van der Waals surface area (Å²) in [5, 5.41) is 28.8. The number of unbranched alkanes of at least 4 members (excludes halogenated alkanes) is 13. The van der Waals surface area contributed by atoms with E-state index in [9.17, 15) is 29.7 Å². The summed E-state index contributed by atoms with van der Waals surface area (Å²) >= 11 is 0. The number of allylic oxidation sites excluding steroid dienone is 1. The van der Waals surface area contributed by atoms with Crippen molar-refractivity contribution >= 4 is 17.9 Å². The fourth-order valence-electron chi connectivity index (χ4n) is 4.82. The smallest absolute Gasteiger partial charge is 0.362 e. The van der Waals surface area contributed by atoms with Crippen LogP contribution in [0.25, 0.3) is 0 Å². The third-order valence-electron chi connectivity index (χ3n) is 7.19. The van der Waals surface area contributed by atoms with Crippen molar-refractivity contribution in [2.24, 2.45) is 0 Å². The molecule has 0 bridgehead atoms. The van der Waals surface area contributed by atoms with E-state index >= 15 is 0 Å². The van der Waals surface area contributed by atoms with Crippen LogP contribution in [0.15, 0.2) is 12.7 Å². The van der Waals surface area contributed by atoms with Crippen LogP contribution in [-0.2, 0) is 14.4 Å². The zero-order chi connectivity index (χ0) is 25.3. The van der Waals surface area contributed by atoms with Crippen molar-refractivity contribution in [3.8, 4) is 0 Å². The highest BCUT2D eigenvalue weighted by molar-refractivity contribution is 5.77. The van der Waals surface area contributed by atoms with Crippen LogP contribution in [0, 0.1) is 0 Å². The molecule has 0 radical (unpaired) electrons. The van der Waals surface area contributed by atoms with Gasteiger partial charge in [-0.3, -0.25) is 4.48 Å². The molecule has 0 spiro atoms. The summed E-state index contributed by atoms with van der Waals surface area (Å²) in [5.74, 6) is -3.52. The minimum Gasteiger partial charge on any atom is -0.477 e. The van der Waals surface area contributed by atoms with Gasteiger partial charge in [0.15, 0.2) is 18.1 Å². The van der Waals surface area contributed by atoms with Crippen molar-refractivity contribution in [1.29, 1.82) is 0 Å². The van der Waals surface area contributed by atoms with Crippen molar-refractivity contribution in [1.82, 2.24) is 0 Å². The van der Waals surface area contributed by atoms with Crippen LogP contribution in [0.5, 0.6) is 0 Å². The molecule has 0 amide bonds. The fraction of sp³-hybridized carbons (Fsp3) is 0.808. The number of carboxylic acids is 3. The summed E-state index contributed by atoms with van der Waals surface area (Å²) in [6, 6.07) is -3.36. The summed E-state index contributed by atoms with van der Waals surface area (Å²) in [7, 11) is 0. The molecule has 3 N–H and O–H groups in total. The number of carboxylic acid groups (broad SMARTS) is 3. The Balaban J connectivity index is 4.37. The molecule has 3 atom stereocenters. The lowest BCUT2D eigenvalue weighted by atomic mass is 10.00. The highest BCUT2D eigenvalue weighted by Gasteiger charge is 2.52. The van der Waals surface area contributed by atoms with E-state index in [0.29, 0.717) is 6.42 Å². The van der Waals surface area contributed by atoms with Gasteiger partial charge in [0, 0.05) is 0 Å². The SMILES string of the molecule is C=CCCCCCCCCCCCCCCC[N+](C(C)C(=O)O)(C(C)C(=O)O)C(C)C(=O)O. The molecule has 3 unspecified atom stereocenters. The molecule has 0 saturated heterocycles. The van der Waals surface area contributed by atoms with Gasteiger partial charge in [-0.05, 0) is 46.5 Å². The molecule has 0 aliphatic heterocycles. The van der Waals surface area contributed by atoms with E-state index in [1.54, 1.807) is 0 Å². The Kier molecular flexibility index (Phi) is 16.6. The highest BCUT2D eigenvalue weighted by Crippen LogP contribution is 2.27. The molecule has 0 heterocycles. The quantitative estimate of drug-likeness (QED) is 0.104. The van der Waals surface area contributed by atoms with Gasteiger partial charge in [0.1, 0.15) is 0 Å².